The molecule has 5 heteroatoms. The summed E-state index contributed by atoms with van der Waals surface area (Å²) in [6, 6.07) is 1.74. The van der Waals surface area contributed by atoms with Gasteiger partial charge in [0.05, 0.1) is 12.3 Å². The fourth-order valence-corrected chi connectivity index (χ4v) is 1.81. The van der Waals surface area contributed by atoms with E-state index in [0.29, 0.717) is 17.7 Å². The molecule has 0 spiro atoms. The summed E-state index contributed by atoms with van der Waals surface area (Å²) >= 11 is 11.4. The van der Waals surface area contributed by atoms with Crippen LogP contribution in [0.5, 0.6) is 0 Å². The van der Waals surface area contributed by atoms with Crippen LogP contribution in [0.1, 0.15) is 18.0 Å². The Morgan fingerprint density at radius 3 is 2.85 bits per heavy atom. The van der Waals surface area contributed by atoms with Gasteiger partial charge in [-0.15, -0.1) is 0 Å². The third kappa shape index (κ3) is 2.10. The molecular formula is C8H8Cl2N2O. The highest BCUT2D eigenvalue weighted by Gasteiger charge is 2.20. The molecule has 1 aromatic rings. The van der Waals surface area contributed by atoms with Crippen molar-refractivity contribution in [1.29, 1.82) is 0 Å². The van der Waals surface area contributed by atoms with Gasteiger partial charge >= 0.3 is 0 Å². The standard InChI is InChI=1S/C8H8Cl2N2O/c9-7-3-6(11-8(10)12-7)5-1-2-13-4-5/h3,5H,1-2,4H2. The molecule has 0 radical (unpaired) electrons. The molecule has 1 unspecified atom stereocenters. The van der Waals surface area contributed by atoms with Crippen LogP contribution in [0.25, 0.3) is 0 Å². The number of rotatable bonds is 1. The van der Waals surface area contributed by atoms with Crippen molar-refractivity contribution in [1.82, 2.24) is 9.97 Å². The minimum atomic E-state index is 0.203. The highest BCUT2D eigenvalue weighted by Crippen LogP contribution is 2.25. The van der Waals surface area contributed by atoms with E-state index in [2.05, 4.69) is 9.97 Å². The summed E-state index contributed by atoms with van der Waals surface area (Å²) in [6.07, 6.45) is 0.976. The van der Waals surface area contributed by atoms with Crippen molar-refractivity contribution in [3.8, 4) is 0 Å². The van der Waals surface area contributed by atoms with Crippen LogP contribution in [-0.2, 0) is 4.74 Å². The molecule has 2 heterocycles. The summed E-state index contributed by atoms with van der Waals surface area (Å²) in [5.74, 6) is 0.318. The largest absolute Gasteiger partial charge is 0.381 e. The fraction of sp³-hybridized carbons (Fsp3) is 0.500. The highest BCUT2D eigenvalue weighted by atomic mass is 35.5. The van der Waals surface area contributed by atoms with Gasteiger partial charge in [-0.2, -0.15) is 0 Å². The molecule has 13 heavy (non-hydrogen) atoms. The van der Waals surface area contributed by atoms with Crippen molar-refractivity contribution in [3.05, 3.63) is 22.2 Å². The topological polar surface area (TPSA) is 35.0 Å². The Kier molecular flexibility index (Phi) is 2.67. The quantitative estimate of drug-likeness (QED) is 0.536. The molecule has 70 valence electrons. The Morgan fingerprint density at radius 2 is 2.23 bits per heavy atom. The van der Waals surface area contributed by atoms with Crippen molar-refractivity contribution in [2.75, 3.05) is 13.2 Å². The molecule has 0 bridgehead atoms. The molecule has 1 aliphatic rings. The number of nitrogens with zero attached hydrogens (tertiary/aromatic N) is 2. The van der Waals surface area contributed by atoms with Crippen LogP contribution >= 0.6 is 23.2 Å². The average Bonchev–Trinajstić information content (AvgIpc) is 2.53. The second-order valence-electron chi connectivity index (χ2n) is 2.95. The molecule has 0 amide bonds. The summed E-state index contributed by atoms with van der Waals surface area (Å²) < 4.78 is 5.24. The molecule has 0 N–H and O–H groups in total. The Hall–Kier alpha value is -0.380. The Bertz CT molecular complexity index is 293. The lowest BCUT2D eigenvalue weighted by atomic mass is 10.1. The van der Waals surface area contributed by atoms with Gasteiger partial charge in [-0.3, -0.25) is 0 Å². The molecule has 1 atom stereocenters. The van der Waals surface area contributed by atoms with Gasteiger partial charge in [0.25, 0.3) is 0 Å². The molecule has 1 aromatic heterocycles. The predicted molar refractivity (Wildman–Crippen MR) is 50.2 cm³/mol. The SMILES string of the molecule is Clc1cc(C2CCOC2)nc(Cl)n1. The zero-order valence-electron chi connectivity index (χ0n) is 6.83. The molecule has 1 aliphatic heterocycles. The van der Waals surface area contributed by atoms with Crippen LogP contribution in [-0.4, -0.2) is 23.2 Å². The number of hydrogen-bond donors (Lipinski definition) is 0. The van der Waals surface area contributed by atoms with E-state index in [0.717, 1.165) is 18.7 Å². The van der Waals surface area contributed by atoms with Crippen molar-refractivity contribution < 1.29 is 4.74 Å². The van der Waals surface area contributed by atoms with E-state index in [-0.39, 0.29) is 5.28 Å². The Balaban J connectivity index is 2.28. The lowest BCUT2D eigenvalue weighted by molar-refractivity contribution is 0.193. The monoisotopic (exact) mass is 218 g/mol. The third-order valence-corrected chi connectivity index (χ3v) is 2.40. The van der Waals surface area contributed by atoms with Gasteiger partial charge in [-0.25, -0.2) is 9.97 Å². The summed E-state index contributed by atoms with van der Waals surface area (Å²) in [6.45, 7) is 1.48. The lowest BCUT2D eigenvalue weighted by Gasteiger charge is -2.06. The number of aromatic nitrogens is 2. The van der Waals surface area contributed by atoms with Crippen molar-refractivity contribution in [2.45, 2.75) is 12.3 Å². The van der Waals surface area contributed by atoms with Crippen LogP contribution < -0.4 is 0 Å². The van der Waals surface area contributed by atoms with E-state index in [1.54, 1.807) is 6.07 Å². The molecule has 3 nitrogen and oxygen atoms in total. The van der Waals surface area contributed by atoms with Crippen molar-refractivity contribution >= 4 is 23.2 Å². The van der Waals surface area contributed by atoms with E-state index in [1.807, 2.05) is 0 Å². The van der Waals surface area contributed by atoms with Gasteiger partial charge < -0.3 is 4.74 Å². The molecule has 2 rings (SSSR count). The van der Waals surface area contributed by atoms with E-state index < -0.39 is 0 Å². The van der Waals surface area contributed by atoms with E-state index >= 15 is 0 Å². The van der Waals surface area contributed by atoms with Gasteiger partial charge in [0.15, 0.2) is 0 Å². The Labute approximate surface area is 86.0 Å². The average molecular weight is 219 g/mol. The molecule has 0 aromatic carbocycles. The molecule has 1 fully saturated rings. The van der Waals surface area contributed by atoms with Gasteiger partial charge in [-0.05, 0) is 24.1 Å². The maximum absolute atomic E-state index is 5.75. The zero-order chi connectivity index (χ0) is 9.26. The van der Waals surface area contributed by atoms with Gasteiger partial charge in [0.1, 0.15) is 5.15 Å². The summed E-state index contributed by atoms with van der Waals surface area (Å²) in [5.41, 5.74) is 0.877. The molecule has 0 saturated carbocycles. The summed E-state index contributed by atoms with van der Waals surface area (Å²) in [4.78, 5) is 7.89. The predicted octanol–water partition coefficient (Wildman–Crippen LogP) is 2.29. The Morgan fingerprint density at radius 1 is 1.38 bits per heavy atom. The van der Waals surface area contributed by atoms with Crippen LogP contribution in [0, 0.1) is 0 Å². The molecule has 0 aliphatic carbocycles. The third-order valence-electron chi connectivity index (χ3n) is 2.04. The van der Waals surface area contributed by atoms with Gasteiger partial charge in [0.2, 0.25) is 5.28 Å². The fourth-order valence-electron chi connectivity index (χ4n) is 1.38. The first-order valence-corrected chi connectivity index (χ1v) is 4.79. The minimum absolute atomic E-state index is 0.203. The van der Waals surface area contributed by atoms with E-state index in [1.165, 1.54) is 0 Å². The second kappa shape index (κ2) is 3.78. The highest BCUT2D eigenvalue weighted by molar-refractivity contribution is 6.31. The first-order valence-electron chi connectivity index (χ1n) is 4.03. The van der Waals surface area contributed by atoms with E-state index in [4.69, 9.17) is 27.9 Å². The first kappa shape index (κ1) is 9.19. The maximum Gasteiger partial charge on any atom is 0.224 e. The maximum atomic E-state index is 5.75. The van der Waals surface area contributed by atoms with Gasteiger partial charge in [0, 0.05) is 12.5 Å². The smallest absolute Gasteiger partial charge is 0.224 e. The molecular weight excluding hydrogens is 211 g/mol. The van der Waals surface area contributed by atoms with Gasteiger partial charge in [-0.1, -0.05) is 11.6 Å². The van der Waals surface area contributed by atoms with Crippen LogP contribution in [0.3, 0.4) is 0 Å². The van der Waals surface area contributed by atoms with Crippen molar-refractivity contribution in [2.24, 2.45) is 0 Å². The number of hydrogen-bond acceptors (Lipinski definition) is 3. The first-order chi connectivity index (χ1) is 6.25. The minimum Gasteiger partial charge on any atom is -0.381 e. The second-order valence-corrected chi connectivity index (χ2v) is 3.67. The van der Waals surface area contributed by atoms with Crippen LogP contribution in [0.15, 0.2) is 6.07 Å². The zero-order valence-corrected chi connectivity index (χ0v) is 8.35. The lowest BCUT2D eigenvalue weighted by Crippen LogP contribution is -2.01. The van der Waals surface area contributed by atoms with Crippen molar-refractivity contribution in [3.63, 3.8) is 0 Å². The summed E-state index contributed by atoms with van der Waals surface area (Å²) in [5, 5.41) is 0.594. The number of halogens is 2. The number of ether oxygens (including phenoxy) is 1. The normalized spacial score (nSPS) is 22.2. The summed E-state index contributed by atoms with van der Waals surface area (Å²) in [7, 11) is 0. The van der Waals surface area contributed by atoms with E-state index in [9.17, 15) is 0 Å². The van der Waals surface area contributed by atoms with Crippen LogP contribution in [0.2, 0.25) is 10.4 Å². The molecule has 1 saturated heterocycles. The van der Waals surface area contributed by atoms with Crippen LogP contribution in [0.4, 0.5) is 0 Å².